The molecule has 3 aromatic rings. The zero-order valence-corrected chi connectivity index (χ0v) is 14.2. The average Bonchev–Trinajstić information content (AvgIpc) is 2.58. The monoisotopic (exact) mass is 336 g/mol. The summed E-state index contributed by atoms with van der Waals surface area (Å²) in [7, 11) is 0. The van der Waals surface area contributed by atoms with Crippen molar-refractivity contribution in [2.24, 2.45) is 0 Å². The molecule has 3 rings (SSSR count). The number of rotatable bonds is 6. The molecule has 3 N–H and O–H groups in total. The fourth-order valence-corrected chi connectivity index (χ4v) is 2.77. The molecular weight excluding hydrogens is 315 g/mol. The van der Waals surface area contributed by atoms with Crippen LogP contribution < -0.4 is 11.1 Å². The molecular formula is C20H21FN4. The van der Waals surface area contributed by atoms with Gasteiger partial charge in [-0.1, -0.05) is 6.07 Å². The molecule has 25 heavy (non-hydrogen) atoms. The number of nitrogen functional groups attached to an aromatic ring is 1. The number of nitrogens with two attached hydrogens (primary N) is 1. The fourth-order valence-electron chi connectivity index (χ4n) is 2.77. The van der Waals surface area contributed by atoms with Crippen LogP contribution in [-0.2, 0) is 19.4 Å². The van der Waals surface area contributed by atoms with Crippen LogP contribution in [0.25, 0.3) is 0 Å². The molecule has 5 heteroatoms. The zero-order chi connectivity index (χ0) is 17.6. The van der Waals surface area contributed by atoms with Crippen LogP contribution in [0.3, 0.4) is 0 Å². The summed E-state index contributed by atoms with van der Waals surface area (Å²) in [6.07, 6.45) is 4.95. The highest BCUT2D eigenvalue weighted by Gasteiger charge is 2.04. The molecule has 0 bridgehead atoms. The Balaban J connectivity index is 1.66. The van der Waals surface area contributed by atoms with Gasteiger partial charge in [0.1, 0.15) is 11.6 Å². The summed E-state index contributed by atoms with van der Waals surface area (Å²) >= 11 is 0. The summed E-state index contributed by atoms with van der Waals surface area (Å²) in [4.78, 5) is 8.41. The van der Waals surface area contributed by atoms with Gasteiger partial charge in [0.15, 0.2) is 0 Å². The molecule has 0 fully saturated rings. The van der Waals surface area contributed by atoms with Gasteiger partial charge in [-0.25, -0.2) is 9.37 Å². The Morgan fingerprint density at radius 3 is 2.72 bits per heavy atom. The second-order valence-corrected chi connectivity index (χ2v) is 6.12. The third-order valence-corrected chi connectivity index (χ3v) is 3.89. The first-order valence-corrected chi connectivity index (χ1v) is 8.24. The van der Waals surface area contributed by atoms with Crippen LogP contribution in [0.1, 0.15) is 22.4 Å². The molecule has 0 aliphatic rings. The summed E-state index contributed by atoms with van der Waals surface area (Å²) in [5, 5.41) is 3.24. The summed E-state index contributed by atoms with van der Waals surface area (Å²) in [6.45, 7) is 2.59. The smallest absolute Gasteiger partial charge is 0.125 e. The SMILES string of the molecule is Cc1cc(N)nc(CCc2cc(F)cc(NCc3cccnc3)c2)c1. The number of nitrogens with zero attached hydrogens (tertiary/aromatic N) is 2. The Labute approximate surface area is 146 Å². The van der Waals surface area contributed by atoms with Gasteiger partial charge in [-0.15, -0.1) is 0 Å². The predicted octanol–water partition coefficient (Wildman–Crippen LogP) is 3.90. The van der Waals surface area contributed by atoms with Crippen LogP contribution in [0.5, 0.6) is 0 Å². The Bertz CT molecular complexity index is 829. The Kier molecular flexibility index (Phi) is 5.23. The number of pyridine rings is 2. The molecule has 0 saturated carbocycles. The van der Waals surface area contributed by atoms with E-state index >= 15 is 0 Å². The van der Waals surface area contributed by atoms with Crippen molar-refractivity contribution in [3.05, 3.63) is 83.1 Å². The number of halogens is 1. The summed E-state index contributed by atoms with van der Waals surface area (Å²) in [5.74, 6) is 0.274. The first-order chi connectivity index (χ1) is 12.1. The predicted molar refractivity (Wildman–Crippen MR) is 98.8 cm³/mol. The average molecular weight is 336 g/mol. The second-order valence-electron chi connectivity index (χ2n) is 6.12. The van der Waals surface area contributed by atoms with Gasteiger partial charge < -0.3 is 11.1 Å². The van der Waals surface area contributed by atoms with Crippen LogP contribution in [0.4, 0.5) is 15.9 Å². The lowest BCUT2D eigenvalue weighted by atomic mass is 10.1. The van der Waals surface area contributed by atoms with Crippen LogP contribution in [0, 0.1) is 12.7 Å². The van der Waals surface area contributed by atoms with Gasteiger partial charge in [0.2, 0.25) is 0 Å². The normalized spacial score (nSPS) is 10.6. The minimum Gasteiger partial charge on any atom is -0.384 e. The van der Waals surface area contributed by atoms with Crippen molar-refractivity contribution in [3.63, 3.8) is 0 Å². The first-order valence-electron chi connectivity index (χ1n) is 8.24. The largest absolute Gasteiger partial charge is 0.384 e. The number of anilines is 2. The minimum absolute atomic E-state index is 0.247. The molecule has 128 valence electrons. The Morgan fingerprint density at radius 2 is 1.96 bits per heavy atom. The van der Waals surface area contributed by atoms with Crippen molar-refractivity contribution >= 4 is 11.5 Å². The lowest BCUT2D eigenvalue weighted by Gasteiger charge is -2.10. The maximum Gasteiger partial charge on any atom is 0.125 e. The number of aryl methyl sites for hydroxylation is 3. The van der Waals surface area contributed by atoms with E-state index in [1.54, 1.807) is 18.5 Å². The highest BCUT2D eigenvalue weighted by molar-refractivity contribution is 5.47. The fraction of sp³-hybridized carbons (Fsp3) is 0.200. The van der Waals surface area contributed by atoms with Crippen LogP contribution in [0.2, 0.25) is 0 Å². The van der Waals surface area contributed by atoms with E-state index in [9.17, 15) is 4.39 Å². The van der Waals surface area contributed by atoms with Crippen molar-refractivity contribution in [2.45, 2.75) is 26.3 Å². The Morgan fingerprint density at radius 1 is 1.08 bits per heavy atom. The maximum absolute atomic E-state index is 13.9. The highest BCUT2D eigenvalue weighted by atomic mass is 19.1. The standard InChI is InChI=1S/C20H21FN4/c1-14-7-18(25-20(22)8-14)5-4-15-9-17(21)11-19(10-15)24-13-16-3-2-6-23-12-16/h2-3,6-12,24H,4-5,13H2,1H3,(H2,22,25). The summed E-state index contributed by atoms with van der Waals surface area (Å²) in [6, 6.07) is 12.8. The molecule has 0 aliphatic heterocycles. The Hall–Kier alpha value is -2.95. The van der Waals surface area contributed by atoms with Crippen molar-refractivity contribution in [3.8, 4) is 0 Å². The quantitative estimate of drug-likeness (QED) is 0.716. The first kappa shape index (κ1) is 16.9. The molecule has 0 spiro atoms. The van der Waals surface area contributed by atoms with E-state index < -0.39 is 0 Å². The molecule has 0 amide bonds. The third kappa shape index (κ3) is 5.01. The highest BCUT2D eigenvalue weighted by Crippen LogP contribution is 2.17. The lowest BCUT2D eigenvalue weighted by Crippen LogP contribution is -2.02. The topological polar surface area (TPSA) is 63.8 Å². The number of hydrogen-bond acceptors (Lipinski definition) is 4. The van der Waals surface area contributed by atoms with Crippen molar-refractivity contribution in [2.75, 3.05) is 11.1 Å². The number of aromatic nitrogens is 2. The van der Waals surface area contributed by atoms with Crippen LogP contribution in [0.15, 0.2) is 54.9 Å². The summed E-state index contributed by atoms with van der Waals surface area (Å²) < 4.78 is 13.9. The van der Waals surface area contributed by atoms with Gasteiger partial charge in [-0.2, -0.15) is 0 Å². The van der Waals surface area contributed by atoms with Crippen molar-refractivity contribution in [1.82, 2.24) is 9.97 Å². The second kappa shape index (κ2) is 7.75. The zero-order valence-electron chi connectivity index (χ0n) is 14.2. The van der Waals surface area contributed by atoms with E-state index in [0.29, 0.717) is 18.8 Å². The molecule has 0 atom stereocenters. The van der Waals surface area contributed by atoms with Crippen LogP contribution in [-0.4, -0.2) is 9.97 Å². The van der Waals surface area contributed by atoms with E-state index in [2.05, 4.69) is 15.3 Å². The van der Waals surface area contributed by atoms with Gasteiger partial charge in [0.05, 0.1) is 0 Å². The van der Waals surface area contributed by atoms with Crippen LogP contribution >= 0.6 is 0 Å². The molecule has 1 aromatic carbocycles. The molecule has 2 aromatic heterocycles. The van der Waals surface area contributed by atoms with Gasteiger partial charge in [0.25, 0.3) is 0 Å². The van der Waals surface area contributed by atoms with E-state index in [-0.39, 0.29) is 5.82 Å². The number of hydrogen-bond donors (Lipinski definition) is 2. The van der Waals surface area contributed by atoms with Gasteiger partial charge >= 0.3 is 0 Å². The van der Waals surface area contributed by atoms with E-state index in [1.807, 2.05) is 37.3 Å². The maximum atomic E-state index is 13.9. The van der Waals surface area contributed by atoms with E-state index in [1.165, 1.54) is 6.07 Å². The van der Waals surface area contributed by atoms with Gasteiger partial charge in [-0.3, -0.25) is 4.98 Å². The van der Waals surface area contributed by atoms with Crippen molar-refractivity contribution in [1.29, 1.82) is 0 Å². The third-order valence-electron chi connectivity index (χ3n) is 3.89. The van der Waals surface area contributed by atoms with Gasteiger partial charge in [0, 0.05) is 30.3 Å². The van der Waals surface area contributed by atoms with Crippen molar-refractivity contribution < 1.29 is 4.39 Å². The lowest BCUT2D eigenvalue weighted by molar-refractivity contribution is 0.625. The molecule has 0 unspecified atom stereocenters. The number of nitrogens with one attached hydrogen (secondary N) is 1. The molecule has 0 aliphatic carbocycles. The van der Waals surface area contributed by atoms with Gasteiger partial charge in [-0.05, 0) is 72.9 Å². The van der Waals surface area contributed by atoms with E-state index in [4.69, 9.17) is 5.73 Å². The molecule has 4 nitrogen and oxygen atoms in total. The van der Waals surface area contributed by atoms with E-state index in [0.717, 1.165) is 34.5 Å². The number of benzene rings is 1. The molecule has 2 heterocycles. The summed E-state index contributed by atoms with van der Waals surface area (Å²) in [5.41, 5.74) is 10.5. The molecule has 0 radical (unpaired) electrons. The minimum atomic E-state index is -0.247. The molecule has 0 saturated heterocycles.